The normalized spacial score (nSPS) is 12.0. The van der Waals surface area contributed by atoms with Crippen LogP contribution in [0.2, 0.25) is 0 Å². The summed E-state index contributed by atoms with van der Waals surface area (Å²) in [6.45, 7) is 2.08. The predicted octanol–water partition coefficient (Wildman–Crippen LogP) is 4.04. The van der Waals surface area contributed by atoms with Gasteiger partial charge in [0.2, 0.25) is 0 Å². The lowest BCUT2D eigenvalue weighted by atomic mass is 10.1. The third-order valence-electron chi connectivity index (χ3n) is 1.75. The molecule has 0 radical (unpaired) electrons. The van der Waals surface area contributed by atoms with Crippen LogP contribution in [0.3, 0.4) is 0 Å². The maximum Gasteiger partial charge on any atom is 0.0292 e. The second-order valence-electron chi connectivity index (χ2n) is 2.72. The number of benzene rings is 1. The van der Waals surface area contributed by atoms with E-state index in [1.165, 1.54) is 5.56 Å². The van der Waals surface area contributed by atoms with Crippen LogP contribution in [0, 0.1) is 0 Å². The highest BCUT2D eigenvalue weighted by atomic mass is 79.9. The van der Waals surface area contributed by atoms with Gasteiger partial charge in [-0.3, -0.25) is 0 Å². The van der Waals surface area contributed by atoms with Crippen molar-refractivity contribution in [2.24, 2.45) is 5.73 Å². The molecule has 4 heteroatoms. The van der Waals surface area contributed by atoms with E-state index in [0.29, 0.717) is 0 Å². The lowest BCUT2D eigenvalue weighted by Gasteiger charge is -2.09. The van der Waals surface area contributed by atoms with Gasteiger partial charge in [-0.1, -0.05) is 38.8 Å². The molecule has 0 saturated carbocycles. The Labute approximate surface area is 102 Å². The molecule has 1 atom stereocenters. The monoisotopic (exact) mass is 327 g/mol. The smallest absolute Gasteiger partial charge is 0.0292 e. The molecule has 0 fully saturated rings. The molecule has 0 aliphatic rings. The van der Waals surface area contributed by atoms with E-state index in [-0.39, 0.29) is 18.4 Å². The fourth-order valence-corrected chi connectivity index (χ4v) is 2.35. The second-order valence-corrected chi connectivity index (χ2v) is 4.55. The van der Waals surface area contributed by atoms with Crippen molar-refractivity contribution in [3.8, 4) is 0 Å². The number of hydrogen-bond donors (Lipinski definition) is 1. The molecule has 1 rings (SSSR count). The molecule has 1 nitrogen and oxygen atoms in total. The summed E-state index contributed by atoms with van der Waals surface area (Å²) < 4.78 is 2.13. The zero-order chi connectivity index (χ0) is 9.14. The molecule has 0 spiro atoms. The Bertz CT molecular complexity index is 258. The average molecular weight is 329 g/mol. The third kappa shape index (κ3) is 3.98. The highest BCUT2D eigenvalue weighted by molar-refractivity contribution is 9.11. The fourth-order valence-electron chi connectivity index (χ4n) is 1.02. The van der Waals surface area contributed by atoms with Crippen LogP contribution >= 0.6 is 44.3 Å². The van der Waals surface area contributed by atoms with Crippen LogP contribution in [0.15, 0.2) is 27.1 Å². The second kappa shape index (κ2) is 6.02. The predicted molar refractivity (Wildman–Crippen MR) is 66.3 cm³/mol. The average Bonchev–Trinajstić information content (AvgIpc) is 2.01. The van der Waals surface area contributed by atoms with Gasteiger partial charge in [0, 0.05) is 15.0 Å². The van der Waals surface area contributed by atoms with Crippen molar-refractivity contribution in [3.63, 3.8) is 0 Å². The van der Waals surface area contributed by atoms with Crippen molar-refractivity contribution in [1.82, 2.24) is 0 Å². The molecule has 0 aliphatic heterocycles. The van der Waals surface area contributed by atoms with Gasteiger partial charge in [0.05, 0.1) is 0 Å². The van der Waals surface area contributed by atoms with Crippen molar-refractivity contribution < 1.29 is 0 Å². The molecule has 0 aromatic heterocycles. The summed E-state index contributed by atoms with van der Waals surface area (Å²) in [5.41, 5.74) is 7.06. The third-order valence-corrected chi connectivity index (χ3v) is 2.67. The number of halogens is 3. The number of rotatable bonds is 2. The molecular weight excluding hydrogens is 317 g/mol. The first-order valence-electron chi connectivity index (χ1n) is 3.85. The van der Waals surface area contributed by atoms with Gasteiger partial charge >= 0.3 is 0 Å². The largest absolute Gasteiger partial charge is 0.324 e. The van der Waals surface area contributed by atoms with Gasteiger partial charge in [0.25, 0.3) is 0 Å². The standard InChI is InChI=1S/C9H11Br2N.ClH/c1-2-9(12)6-3-7(10)5-8(11)4-6;/h3-5,9H,2,12H2,1H3;1H/t9-;/m1./s1. The highest BCUT2D eigenvalue weighted by Gasteiger charge is 2.04. The SMILES string of the molecule is CC[C@@H](N)c1cc(Br)cc(Br)c1.Cl. The van der Waals surface area contributed by atoms with Gasteiger partial charge in [0.15, 0.2) is 0 Å². The van der Waals surface area contributed by atoms with Crippen LogP contribution < -0.4 is 5.73 Å². The zero-order valence-electron chi connectivity index (χ0n) is 7.26. The van der Waals surface area contributed by atoms with Crippen molar-refractivity contribution in [2.75, 3.05) is 0 Å². The molecule has 1 aromatic carbocycles. The zero-order valence-corrected chi connectivity index (χ0v) is 11.2. The van der Waals surface area contributed by atoms with E-state index in [1.807, 2.05) is 6.07 Å². The molecule has 0 amide bonds. The highest BCUT2D eigenvalue weighted by Crippen LogP contribution is 2.24. The number of nitrogens with two attached hydrogens (primary N) is 1. The summed E-state index contributed by atoms with van der Waals surface area (Å²) in [7, 11) is 0. The molecule has 74 valence electrons. The Morgan fingerprint density at radius 3 is 2.08 bits per heavy atom. The van der Waals surface area contributed by atoms with Gasteiger partial charge in [-0.25, -0.2) is 0 Å². The molecule has 13 heavy (non-hydrogen) atoms. The first kappa shape index (κ1) is 13.4. The summed E-state index contributed by atoms with van der Waals surface area (Å²) in [5.74, 6) is 0. The maximum absolute atomic E-state index is 5.89. The molecule has 1 aromatic rings. The van der Waals surface area contributed by atoms with Gasteiger partial charge in [0.1, 0.15) is 0 Å². The van der Waals surface area contributed by atoms with Crippen molar-refractivity contribution in [1.29, 1.82) is 0 Å². The Balaban J connectivity index is 0.00000144. The first-order valence-corrected chi connectivity index (χ1v) is 5.43. The minimum absolute atomic E-state index is 0. The van der Waals surface area contributed by atoms with Crippen LogP contribution in [0.4, 0.5) is 0 Å². The number of hydrogen-bond acceptors (Lipinski definition) is 1. The topological polar surface area (TPSA) is 26.0 Å². The maximum atomic E-state index is 5.89. The quantitative estimate of drug-likeness (QED) is 0.870. The molecule has 0 aliphatic carbocycles. The molecule has 0 saturated heterocycles. The Kier molecular flexibility index (Phi) is 6.21. The van der Waals surface area contributed by atoms with E-state index in [0.717, 1.165) is 15.4 Å². The van der Waals surface area contributed by atoms with Gasteiger partial charge < -0.3 is 5.73 Å². The summed E-state index contributed by atoms with van der Waals surface area (Å²) >= 11 is 6.85. The van der Waals surface area contributed by atoms with E-state index >= 15 is 0 Å². The van der Waals surface area contributed by atoms with Crippen LogP contribution in [0.5, 0.6) is 0 Å². The molecule has 0 bridgehead atoms. The summed E-state index contributed by atoms with van der Waals surface area (Å²) in [4.78, 5) is 0. The van der Waals surface area contributed by atoms with Crippen LogP contribution in [-0.2, 0) is 0 Å². The summed E-state index contributed by atoms with van der Waals surface area (Å²) in [6, 6.07) is 6.25. The Morgan fingerprint density at radius 2 is 1.69 bits per heavy atom. The van der Waals surface area contributed by atoms with E-state index in [1.54, 1.807) is 0 Å². The van der Waals surface area contributed by atoms with E-state index in [2.05, 4.69) is 50.9 Å². The Hall–Kier alpha value is 0.430. The van der Waals surface area contributed by atoms with Crippen molar-refractivity contribution >= 4 is 44.3 Å². The van der Waals surface area contributed by atoms with Crippen LogP contribution in [0.25, 0.3) is 0 Å². The van der Waals surface area contributed by atoms with Gasteiger partial charge in [-0.05, 0) is 30.2 Å². The van der Waals surface area contributed by atoms with Gasteiger partial charge in [-0.2, -0.15) is 0 Å². The first-order chi connectivity index (χ1) is 5.63. The van der Waals surface area contributed by atoms with Gasteiger partial charge in [-0.15, -0.1) is 12.4 Å². The van der Waals surface area contributed by atoms with E-state index in [4.69, 9.17) is 5.73 Å². The summed E-state index contributed by atoms with van der Waals surface area (Å²) in [5, 5.41) is 0. The Morgan fingerprint density at radius 1 is 1.23 bits per heavy atom. The van der Waals surface area contributed by atoms with E-state index in [9.17, 15) is 0 Å². The summed E-state index contributed by atoms with van der Waals surface area (Å²) in [6.07, 6.45) is 0.961. The van der Waals surface area contributed by atoms with Crippen molar-refractivity contribution in [3.05, 3.63) is 32.7 Å². The minimum atomic E-state index is 0. The van der Waals surface area contributed by atoms with Crippen LogP contribution in [0.1, 0.15) is 24.9 Å². The molecular formula is C9H12Br2ClN. The fraction of sp³-hybridized carbons (Fsp3) is 0.333. The lowest BCUT2D eigenvalue weighted by Crippen LogP contribution is -2.08. The molecule has 0 heterocycles. The van der Waals surface area contributed by atoms with E-state index < -0.39 is 0 Å². The molecule has 0 unspecified atom stereocenters. The lowest BCUT2D eigenvalue weighted by molar-refractivity contribution is 0.698. The van der Waals surface area contributed by atoms with Crippen molar-refractivity contribution in [2.45, 2.75) is 19.4 Å². The molecule has 2 N–H and O–H groups in total. The van der Waals surface area contributed by atoms with Crippen LogP contribution in [-0.4, -0.2) is 0 Å². The minimum Gasteiger partial charge on any atom is -0.324 e.